The van der Waals surface area contributed by atoms with Crippen molar-refractivity contribution in [2.75, 3.05) is 11.0 Å². The monoisotopic (exact) mass is 332 g/mol. The average Bonchev–Trinajstić information content (AvgIpc) is 2.46. The molecule has 0 saturated carbocycles. The Morgan fingerprint density at radius 1 is 1.09 bits per heavy atom. The van der Waals surface area contributed by atoms with E-state index in [4.69, 9.17) is 0 Å². The lowest BCUT2D eigenvalue weighted by atomic mass is 10.1. The number of hydrogen-bond donors (Lipinski definition) is 2. The Kier molecular flexibility index (Phi) is 5.05. The van der Waals surface area contributed by atoms with Crippen molar-refractivity contribution in [2.24, 2.45) is 0 Å². The van der Waals surface area contributed by atoms with Crippen LogP contribution in [0.1, 0.15) is 34.5 Å². The molecule has 0 aliphatic carbocycles. The molecule has 0 aromatic heterocycles. The highest BCUT2D eigenvalue weighted by Gasteiger charge is 2.16. The Labute approximate surface area is 136 Å². The quantitative estimate of drug-likeness (QED) is 0.884. The van der Waals surface area contributed by atoms with Crippen molar-refractivity contribution in [3.63, 3.8) is 0 Å². The van der Waals surface area contributed by atoms with Gasteiger partial charge in [0.25, 0.3) is 5.91 Å². The van der Waals surface area contributed by atoms with E-state index in [-0.39, 0.29) is 11.9 Å². The van der Waals surface area contributed by atoms with E-state index in [1.165, 1.54) is 0 Å². The van der Waals surface area contributed by atoms with Crippen LogP contribution in [0, 0.1) is 6.92 Å². The highest BCUT2D eigenvalue weighted by Crippen LogP contribution is 2.23. The zero-order valence-electron chi connectivity index (χ0n) is 13.3. The van der Waals surface area contributed by atoms with Crippen molar-refractivity contribution in [3.8, 4) is 0 Å². The van der Waals surface area contributed by atoms with Gasteiger partial charge in [-0.3, -0.25) is 9.52 Å². The van der Waals surface area contributed by atoms with E-state index in [0.717, 1.165) is 11.8 Å². The first-order valence-corrected chi connectivity index (χ1v) is 9.09. The maximum atomic E-state index is 12.3. The van der Waals surface area contributed by atoms with E-state index >= 15 is 0 Å². The fourth-order valence-electron chi connectivity index (χ4n) is 2.31. The molecular formula is C17H20N2O3S. The van der Waals surface area contributed by atoms with Crippen LogP contribution in [0.3, 0.4) is 0 Å². The Bertz CT molecular complexity index is 816. The summed E-state index contributed by atoms with van der Waals surface area (Å²) in [4.78, 5) is 12.3. The van der Waals surface area contributed by atoms with Gasteiger partial charge in [-0.1, -0.05) is 35.9 Å². The molecule has 0 spiro atoms. The summed E-state index contributed by atoms with van der Waals surface area (Å²) in [6.45, 7) is 3.74. The normalized spacial score (nSPS) is 12.5. The Morgan fingerprint density at radius 2 is 1.78 bits per heavy atom. The number of nitrogens with one attached hydrogen (secondary N) is 2. The van der Waals surface area contributed by atoms with Crippen LogP contribution in [0.15, 0.2) is 48.5 Å². The molecule has 1 amide bonds. The number of rotatable bonds is 5. The smallest absolute Gasteiger partial charge is 0.251 e. The molecule has 0 heterocycles. The number of hydrogen-bond acceptors (Lipinski definition) is 3. The first-order valence-electron chi connectivity index (χ1n) is 7.20. The second kappa shape index (κ2) is 6.83. The minimum Gasteiger partial charge on any atom is -0.345 e. The zero-order chi connectivity index (χ0) is 17.0. The number of para-hydroxylation sites is 1. The van der Waals surface area contributed by atoms with Gasteiger partial charge in [0.1, 0.15) is 0 Å². The molecule has 1 atom stereocenters. The first kappa shape index (κ1) is 17.0. The summed E-state index contributed by atoms with van der Waals surface area (Å²) in [5.41, 5.74) is 2.75. The molecule has 2 rings (SSSR count). The van der Waals surface area contributed by atoms with Gasteiger partial charge in [-0.2, -0.15) is 0 Å². The van der Waals surface area contributed by atoms with E-state index in [0.29, 0.717) is 16.8 Å². The predicted octanol–water partition coefficient (Wildman–Crippen LogP) is 2.86. The predicted molar refractivity (Wildman–Crippen MR) is 92.0 cm³/mol. The van der Waals surface area contributed by atoms with Gasteiger partial charge < -0.3 is 5.32 Å². The Balaban J connectivity index is 2.21. The second-order valence-corrected chi connectivity index (χ2v) is 7.27. The molecule has 0 saturated heterocycles. The number of amides is 1. The molecule has 0 bridgehead atoms. The van der Waals surface area contributed by atoms with Gasteiger partial charge in [-0.15, -0.1) is 0 Å². The molecule has 2 N–H and O–H groups in total. The number of carbonyl (C=O) groups excluding carboxylic acids is 1. The van der Waals surface area contributed by atoms with Crippen LogP contribution >= 0.6 is 0 Å². The Hall–Kier alpha value is -2.34. The molecule has 0 aliphatic rings. The maximum Gasteiger partial charge on any atom is 0.251 e. The molecule has 0 aliphatic heterocycles. The summed E-state index contributed by atoms with van der Waals surface area (Å²) in [5.74, 6) is -0.199. The summed E-state index contributed by atoms with van der Waals surface area (Å²) in [7, 11) is -3.38. The maximum absolute atomic E-state index is 12.3. The largest absolute Gasteiger partial charge is 0.345 e. The summed E-state index contributed by atoms with van der Waals surface area (Å²) < 4.78 is 25.4. The van der Waals surface area contributed by atoms with Crippen LogP contribution in [0.2, 0.25) is 0 Å². The van der Waals surface area contributed by atoms with E-state index in [1.54, 1.807) is 30.3 Å². The van der Waals surface area contributed by atoms with Gasteiger partial charge in [0, 0.05) is 5.56 Å². The average molecular weight is 332 g/mol. The number of sulfonamides is 1. The number of benzene rings is 2. The van der Waals surface area contributed by atoms with Gasteiger partial charge in [-0.05, 0) is 37.6 Å². The van der Waals surface area contributed by atoms with Gasteiger partial charge in [0.15, 0.2) is 0 Å². The molecule has 23 heavy (non-hydrogen) atoms. The molecule has 0 fully saturated rings. The minimum atomic E-state index is -3.38. The van der Waals surface area contributed by atoms with E-state index < -0.39 is 10.0 Å². The van der Waals surface area contributed by atoms with Gasteiger partial charge in [0.05, 0.1) is 18.0 Å². The molecule has 0 unspecified atom stereocenters. The van der Waals surface area contributed by atoms with Gasteiger partial charge >= 0.3 is 0 Å². The van der Waals surface area contributed by atoms with Crippen LogP contribution in [0.5, 0.6) is 0 Å². The molecule has 2 aromatic rings. The third-order valence-corrected chi connectivity index (χ3v) is 3.94. The topological polar surface area (TPSA) is 75.3 Å². The fourth-order valence-corrected chi connectivity index (χ4v) is 2.90. The summed E-state index contributed by atoms with van der Waals surface area (Å²) in [6.07, 6.45) is 1.10. The standard InChI is InChI=1S/C17H20N2O3S/c1-12-7-6-8-14(11-12)17(20)18-13(2)15-9-4-5-10-16(15)19-23(3,21)22/h4-11,13,19H,1-3H3,(H,18,20)/t13-/m1/s1. The zero-order valence-corrected chi connectivity index (χ0v) is 14.1. The van der Waals surface area contributed by atoms with Gasteiger partial charge in [-0.25, -0.2) is 8.42 Å². The molecule has 6 heteroatoms. The summed E-state index contributed by atoms with van der Waals surface area (Å²) in [5, 5.41) is 2.89. The van der Waals surface area contributed by atoms with Crippen molar-refractivity contribution in [1.29, 1.82) is 0 Å². The summed E-state index contributed by atoms with van der Waals surface area (Å²) in [6, 6.07) is 14.0. The van der Waals surface area contributed by atoms with Crippen molar-refractivity contribution in [1.82, 2.24) is 5.32 Å². The van der Waals surface area contributed by atoms with Crippen LogP contribution in [0.25, 0.3) is 0 Å². The second-order valence-electron chi connectivity index (χ2n) is 5.53. The van der Waals surface area contributed by atoms with Gasteiger partial charge in [0.2, 0.25) is 10.0 Å². The third kappa shape index (κ3) is 4.82. The molecule has 0 radical (unpaired) electrons. The van der Waals surface area contributed by atoms with E-state index in [1.807, 2.05) is 32.0 Å². The van der Waals surface area contributed by atoms with E-state index in [2.05, 4.69) is 10.0 Å². The third-order valence-electron chi connectivity index (χ3n) is 3.35. The molecule has 122 valence electrons. The lowest BCUT2D eigenvalue weighted by Gasteiger charge is -2.18. The summed E-state index contributed by atoms with van der Waals surface area (Å²) >= 11 is 0. The number of aryl methyl sites for hydroxylation is 1. The van der Waals surface area contributed by atoms with Crippen molar-refractivity contribution in [3.05, 3.63) is 65.2 Å². The SMILES string of the molecule is Cc1cccc(C(=O)N[C@H](C)c2ccccc2NS(C)(=O)=O)c1. The minimum absolute atomic E-state index is 0.199. The molecule has 5 nitrogen and oxygen atoms in total. The first-order chi connectivity index (χ1) is 10.8. The fraction of sp³-hybridized carbons (Fsp3) is 0.235. The highest BCUT2D eigenvalue weighted by molar-refractivity contribution is 7.92. The van der Waals surface area contributed by atoms with Crippen LogP contribution in [-0.2, 0) is 10.0 Å². The lowest BCUT2D eigenvalue weighted by molar-refractivity contribution is 0.0940. The van der Waals surface area contributed by atoms with Crippen molar-refractivity contribution < 1.29 is 13.2 Å². The highest BCUT2D eigenvalue weighted by atomic mass is 32.2. The van der Waals surface area contributed by atoms with Crippen LogP contribution < -0.4 is 10.0 Å². The van der Waals surface area contributed by atoms with Crippen molar-refractivity contribution in [2.45, 2.75) is 19.9 Å². The Morgan fingerprint density at radius 3 is 2.43 bits per heavy atom. The number of anilines is 1. The van der Waals surface area contributed by atoms with E-state index in [9.17, 15) is 13.2 Å². The molecular weight excluding hydrogens is 312 g/mol. The van der Waals surface area contributed by atoms with Crippen LogP contribution in [-0.4, -0.2) is 20.6 Å². The lowest BCUT2D eigenvalue weighted by Crippen LogP contribution is -2.27. The number of carbonyl (C=O) groups is 1. The molecule has 2 aromatic carbocycles. The van der Waals surface area contributed by atoms with Crippen LogP contribution in [0.4, 0.5) is 5.69 Å². The van der Waals surface area contributed by atoms with Crippen molar-refractivity contribution >= 4 is 21.6 Å².